The Hall–Kier alpha value is -1.87. The lowest BCUT2D eigenvalue weighted by molar-refractivity contribution is 0.103. The van der Waals surface area contributed by atoms with Crippen molar-refractivity contribution >= 4 is 5.78 Å². The van der Waals surface area contributed by atoms with Gasteiger partial charge >= 0.3 is 0 Å². The predicted molar refractivity (Wildman–Crippen MR) is 68.0 cm³/mol. The van der Waals surface area contributed by atoms with Crippen molar-refractivity contribution in [2.24, 2.45) is 5.73 Å². The number of rotatable bonds is 5. The molecule has 2 aromatic rings. The quantitative estimate of drug-likeness (QED) is 0.796. The molecule has 3 heteroatoms. The first-order chi connectivity index (χ1) is 8.33. The van der Waals surface area contributed by atoms with Crippen LogP contribution in [0.5, 0.6) is 0 Å². The number of aryl methyl sites for hydroxylation is 1. The first-order valence-electron chi connectivity index (χ1n) is 5.78. The molecule has 0 radical (unpaired) electrons. The van der Waals surface area contributed by atoms with Crippen LogP contribution < -0.4 is 5.73 Å². The molecule has 2 rings (SSSR count). The molecular formula is C14H16N2O. The van der Waals surface area contributed by atoms with Crippen LogP contribution in [0.2, 0.25) is 0 Å². The Labute approximate surface area is 101 Å². The molecule has 1 aromatic heterocycles. The van der Waals surface area contributed by atoms with E-state index >= 15 is 0 Å². The number of ketones is 1. The number of hydrogen-bond acceptors (Lipinski definition) is 2. The Kier molecular flexibility index (Phi) is 3.73. The minimum atomic E-state index is 0.0626. The largest absolute Gasteiger partial charge is 0.345 e. The standard InChI is InChI=1S/C14H16N2O/c15-9-5-11-16-10-4-8-13(16)14(17)12-6-2-1-3-7-12/h1-4,6-8,10H,5,9,11,15H2. The summed E-state index contributed by atoms with van der Waals surface area (Å²) in [5.74, 6) is 0.0626. The molecule has 17 heavy (non-hydrogen) atoms. The number of carbonyl (C=O) groups is 1. The van der Waals surface area contributed by atoms with Gasteiger partial charge in [0, 0.05) is 18.3 Å². The Morgan fingerprint density at radius 2 is 1.88 bits per heavy atom. The summed E-state index contributed by atoms with van der Waals surface area (Å²) in [6, 6.07) is 13.1. The molecule has 0 saturated carbocycles. The van der Waals surface area contributed by atoms with Gasteiger partial charge in [0.1, 0.15) is 0 Å². The summed E-state index contributed by atoms with van der Waals surface area (Å²) in [4.78, 5) is 12.2. The second-order valence-electron chi connectivity index (χ2n) is 3.92. The molecule has 0 aliphatic heterocycles. The molecule has 1 aromatic carbocycles. The molecule has 0 aliphatic rings. The van der Waals surface area contributed by atoms with Crippen LogP contribution in [-0.2, 0) is 6.54 Å². The second-order valence-corrected chi connectivity index (χ2v) is 3.92. The van der Waals surface area contributed by atoms with Crippen LogP contribution in [0.4, 0.5) is 0 Å². The molecule has 88 valence electrons. The van der Waals surface area contributed by atoms with Gasteiger partial charge in [-0.1, -0.05) is 30.3 Å². The number of benzene rings is 1. The van der Waals surface area contributed by atoms with Crippen LogP contribution >= 0.6 is 0 Å². The van der Waals surface area contributed by atoms with E-state index in [2.05, 4.69) is 0 Å². The Bertz CT molecular complexity index is 488. The van der Waals surface area contributed by atoms with Crippen molar-refractivity contribution in [3.8, 4) is 0 Å². The molecule has 0 spiro atoms. The topological polar surface area (TPSA) is 48.0 Å². The predicted octanol–water partition coefficient (Wildman–Crippen LogP) is 2.07. The van der Waals surface area contributed by atoms with Crippen LogP contribution in [0.1, 0.15) is 22.5 Å². The lowest BCUT2D eigenvalue weighted by Gasteiger charge is -2.07. The number of nitrogens with two attached hydrogens (primary N) is 1. The van der Waals surface area contributed by atoms with Crippen LogP contribution in [0, 0.1) is 0 Å². The van der Waals surface area contributed by atoms with E-state index in [1.807, 2.05) is 53.2 Å². The zero-order chi connectivity index (χ0) is 12.1. The van der Waals surface area contributed by atoms with E-state index in [0.717, 1.165) is 24.2 Å². The van der Waals surface area contributed by atoms with E-state index in [-0.39, 0.29) is 5.78 Å². The van der Waals surface area contributed by atoms with Gasteiger partial charge in [-0.2, -0.15) is 0 Å². The van der Waals surface area contributed by atoms with Gasteiger partial charge < -0.3 is 10.3 Å². The van der Waals surface area contributed by atoms with Crippen molar-refractivity contribution < 1.29 is 4.79 Å². The lowest BCUT2D eigenvalue weighted by atomic mass is 10.1. The zero-order valence-electron chi connectivity index (χ0n) is 9.67. The molecule has 3 nitrogen and oxygen atoms in total. The molecule has 0 aliphatic carbocycles. The summed E-state index contributed by atoms with van der Waals surface area (Å²) < 4.78 is 1.96. The average molecular weight is 228 g/mol. The SMILES string of the molecule is NCCCn1cccc1C(=O)c1ccccc1. The first-order valence-corrected chi connectivity index (χ1v) is 5.78. The summed E-state index contributed by atoms with van der Waals surface area (Å²) >= 11 is 0. The Morgan fingerprint density at radius 3 is 2.59 bits per heavy atom. The molecule has 0 unspecified atom stereocenters. The fourth-order valence-electron chi connectivity index (χ4n) is 1.81. The van der Waals surface area contributed by atoms with Crippen molar-refractivity contribution in [2.45, 2.75) is 13.0 Å². The molecule has 1 heterocycles. The maximum absolute atomic E-state index is 12.2. The normalized spacial score (nSPS) is 10.4. The summed E-state index contributed by atoms with van der Waals surface area (Å²) in [6.45, 7) is 1.43. The second kappa shape index (κ2) is 5.46. The van der Waals surface area contributed by atoms with E-state index in [9.17, 15) is 4.79 Å². The van der Waals surface area contributed by atoms with Crippen molar-refractivity contribution in [3.63, 3.8) is 0 Å². The third-order valence-corrected chi connectivity index (χ3v) is 2.70. The Morgan fingerprint density at radius 1 is 1.12 bits per heavy atom. The van der Waals surface area contributed by atoms with Crippen molar-refractivity contribution in [3.05, 3.63) is 59.9 Å². The molecule has 2 N–H and O–H groups in total. The van der Waals surface area contributed by atoms with Gasteiger partial charge in [0.2, 0.25) is 5.78 Å². The van der Waals surface area contributed by atoms with Gasteiger partial charge in [0.05, 0.1) is 5.69 Å². The molecule has 0 fully saturated rings. The fourth-order valence-corrected chi connectivity index (χ4v) is 1.81. The van der Waals surface area contributed by atoms with Gasteiger partial charge in [-0.3, -0.25) is 4.79 Å². The van der Waals surface area contributed by atoms with E-state index in [4.69, 9.17) is 5.73 Å². The Balaban J connectivity index is 2.23. The first kappa shape index (κ1) is 11.6. The molecule has 0 bridgehead atoms. The van der Waals surface area contributed by atoms with Gasteiger partial charge in [0.15, 0.2) is 0 Å². The monoisotopic (exact) mass is 228 g/mol. The molecule has 0 amide bonds. The van der Waals surface area contributed by atoms with Crippen molar-refractivity contribution in [1.29, 1.82) is 0 Å². The highest BCUT2D eigenvalue weighted by atomic mass is 16.1. The van der Waals surface area contributed by atoms with E-state index in [1.54, 1.807) is 0 Å². The van der Waals surface area contributed by atoms with E-state index in [1.165, 1.54) is 0 Å². The molecule has 0 atom stereocenters. The van der Waals surface area contributed by atoms with Gasteiger partial charge in [-0.15, -0.1) is 0 Å². The highest BCUT2D eigenvalue weighted by molar-refractivity contribution is 6.07. The zero-order valence-corrected chi connectivity index (χ0v) is 9.67. The van der Waals surface area contributed by atoms with Crippen molar-refractivity contribution in [1.82, 2.24) is 4.57 Å². The van der Waals surface area contributed by atoms with Crippen molar-refractivity contribution in [2.75, 3.05) is 6.54 Å². The van der Waals surface area contributed by atoms with Crippen LogP contribution in [0.15, 0.2) is 48.7 Å². The summed E-state index contributed by atoms with van der Waals surface area (Å²) in [5, 5.41) is 0. The van der Waals surface area contributed by atoms with Gasteiger partial charge in [0.25, 0.3) is 0 Å². The number of carbonyl (C=O) groups excluding carboxylic acids is 1. The lowest BCUT2D eigenvalue weighted by Crippen LogP contribution is -2.12. The van der Waals surface area contributed by atoms with Crippen LogP contribution in [0.3, 0.4) is 0 Å². The number of aromatic nitrogens is 1. The van der Waals surface area contributed by atoms with Gasteiger partial charge in [-0.25, -0.2) is 0 Å². The summed E-state index contributed by atoms with van der Waals surface area (Å²) in [6.07, 6.45) is 2.80. The molecule has 0 saturated heterocycles. The summed E-state index contributed by atoms with van der Waals surface area (Å²) in [5.41, 5.74) is 6.93. The number of hydrogen-bond donors (Lipinski definition) is 1. The number of nitrogens with zero attached hydrogens (tertiary/aromatic N) is 1. The van der Waals surface area contributed by atoms with Crippen LogP contribution in [-0.4, -0.2) is 16.9 Å². The smallest absolute Gasteiger partial charge is 0.209 e. The third-order valence-electron chi connectivity index (χ3n) is 2.70. The molecular weight excluding hydrogens is 212 g/mol. The van der Waals surface area contributed by atoms with E-state index < -0.39 is 0 Å². The highest BCUT2D eigenvalue weighted by Gasteiger charge is 2.12. The maximum atomic E-state index is 12.2. The highest BCUT2D eigenvalue weighted by Crippen LogP contribution is 2.11. The van der Waals surface area contributed by atoms with Gasteiger partial charge in [-0.05, 0) is 25.1 Å². The average Bonchev–Trinajstić information content (AvgIpc) is 2.84. The van der Waals surface area contributed by atoms with Crippen LogP contribution in [0.25, 0.3) is 0 Å². The third kappa shape index (κ3) is 2.63. The van der Waals surface area contributed by atoms with E-state index in [0.29, 0.717) is 6.54 Å². The minimum Gasteiger partial charge on any atom is -0.345 e. The fraction of sp³-hybridized carbons (Fsp3) is 0.214. The summed E-state index contributed by atoms with van der Waals surface area (Å²) in [7, 11) is 0. The minimum absolute atomic E-state index is 0.0626. The maximum Gasteiger partial charge on any atom is 0.209 e.